The normalized spacial score (nSPS) is 11.9. The van der Waals surface area contributed by atoms with E-state index < -0.39 is 16.8 Å². The lowest BCUT2D eigenvalue weighted by molar-refractivity contribution is 0.0600. The zero-order valence-corrected chi connectivity index (χ0v) is 9.59. The van der Waals surface area contributed by atoms with Gasteiger partial charge in [-0.05, 0) is 18.2 Å². The van der Waals surface area contributed by atoms with Gasteiger partial charge in [-0.25, -0.2) is 4.79 Å². The molecule has 0 aliphatic heterocycles. The number of methoxy groups -OCH3 is 2. The smallest absolute Gasteiger partial charge is 0.337 e. The molecule has 0 aliphatic rings. The quantitative estimate of drug-likeness (QED) is 0.730. The van der Waals surface area contributed by atoms with E-state index in [0.717, 1.165) is 0 Å². The molecule has 82 valence electrons. The van der Waals surface area contributed by atoms with Crippen LogP contribution in [0.1, 0.15) is 10.4 Å². The second-order valence-electron chi connectivity index (χ2n) is 2.81. The molecule has 1 atom stereocenters. The molecule has 0 bridgehead atoms. The Morgan fingerprint density at radius 2 is 2.00 bits per heavy atom. The third kappa shape index (κ3) is 2.56. The van der Waals surface area contributed by atoms with Gasteiger partial charge in [0, 0.05) is 6.26 Å². The maximum atomic E-state index is 11.3. The fourth-order valence-corrected chi connectivity index (χ4v) is 1.84. The fraction of sp³-hybridized carbons (Fsp3) is 0.300. The molecule has 1 aromatic carbocycles. The first-order valence-corrected chi connectivity index (χ1v) is 5.75. The van der Waals surface area contributed by atoms with Crippen molar-refractivity contribution in [3.8, 4) is 5.75 Å². The highest BCUT2D eigenvalue weighted by Gasteiger charge is 2.11. The standard InChI is InChI=1S/C10H12O4S/c1-13-8-6-7(10(11)14-2)4-5-9(8)15(3)12/h4-6H,1-3H3. The van der Waals surface area contributed by atoms with Crippen molar-refractivity contribution < 1.29 is 18.5 Å². The summed E-state index contributed by atoms with van der Waals surface area (Å²) in [5, 5.41) is 0. The predicted molar refractivity (Wildman–Crippen MR) is 56.7 cm³/mol. The van der Waals surface area contributed by atoms with Crippen molar-refractivity contribution in [2.45, 2.75) is 4.90 Å². The third-order valence-corrected chi connectivity index (χ3v) is 2.85. The number of benzene rings is 1. The van der Waals surface area contributed by atoms with Gasteiger partial charge < -0.3 is 9.47 Å². The van der Waals surface area contributed by atoms with Gasteiger partial charge in [-0.2, -0.15) is 0 Å². The van der Waals surface area contributed by atoms with Crippen LogP contribution >= 0.6 is 0 Å². The maximum Gasteiger partial charge on any atom is 0.337 e. The largest absolute Gasteiger partial charge is 0.495 e. The van der Waals surface area contributed by atoms with Crippen LogP contribution in [0.25, 0.3) is 0 Å². The van der Waals surface area contributed by atoms with E-state index in [1.54, 1.807) is 18.4 Å². The summed E-state index contributed by atoms with van der Waals surface area (Å²) in [6.45, 7) is 0. The Balaban J connectivity index is 3.19. The number of carbonyl (C=O) groups excluding carboxylic acids is 1. The number of carbonyl (C=O) groups is 1. The van der Waals surface area contributed by atoms with Crippen LogP contribution in [0.4, 0.5) is 0 Å². The summed E-state index contributed by atoms with van der Waals surface area (Å²) in [7, 11) is 1.63. The molecule has 0 heterocycles. The average Bonchev–Trinajstić information content (AvgIpc) is 2.26. The summed E-state index contributed by atoms with van der Waals surface area (Å²) >= 11 is 0. The highest BCUT2D eigenvalue weighted by molar-refractivity contribution is 7.84. The van der Waals surface area contributed by atoms with E-state index in [9.17, 15) is 9.00 Å². The molecular formula is C10H12O4S. The van der Waals surface area contributed by atoms with Crippen molar-refractivity contribution in [2.24, 2.45) is 0 Å². The Kier molecular flexibility index (Phi) is 3.85. The van der Waals surface area contributed by atoms with Crippen LogP contribution in [0.5, 0.6) is 5.75 Å². The van der Waals surface area contributed by atoms with Crippen LogP contribution < -0.4 is 4.74 Å². The molecule has 1 rings (SSSR count). The Labute approximate surface area is 90.7 Å². The minimum absolute atomic E-state index is 0.378. The van der Waals surface area contributed by atoms with Gasteiger partial charge in [0.15, 0.2) is 0 Å². The average molecular weight is 228 g/mol. The molecule has 5 heteroatoms. The maximum absolute atomic E-state index is 11.3. The van der Waals surface area contributed by atoms with Crippen molar-refractivity contribution in [3.63, 3.8) is 0 Å². The summed E-state index contributed by atoms with van der Waals surface area (Å²) < 4.78 is 20.9. The lowest BCUT2D eigenvalue weighted by atomic mass is 10.2. The van der Waals surface area contributed by atoms with Gasteiger partial charge in [0.25, 0.3) is 0 Å². The van der Waals surface area contributed by atoms with Crippen LogP contribution in [-0.2, 0) is 15.5 Å². The summed E-state index contributed by atoms with van der Waals surface area (Å²) in [4.78, 5) is 11.8. The molecule has 0 saturated heterocycles. The molecule has 15 heavy (non-hydrogen) atoms. The molecule has 1 unspecified atom stereocenters. The number of hydrogen-bond donors (Lipinski definition) is 0. The van der Waals surface area contributed by atoms with Crippen LogP contribution in [0, 0.1) is 0 Å². The molecule has 0 N–H and O–H groups in total. The van der Waals surface area contributed by atoms with Gasteiger partial charge in [-0.1, -0.05) is 0 Å². The summed E-state index contributed by atoms with van der Waals surface area (Å²) in [5.41, 5.74) is 0.378. The Morgan fingerprint density at radius 1 is 1.33 bits per heavy atom. The number of ether oxygens (including phenoxy) is 2. The van der Waals surface area contributed by atoms with Gasteiger partial charge in [0.05, 0.1) is 35.5 Å². The Bertz CT molecular complexity index is 400. The highest BCUT2D eigenvalue weighted by Crippen LogP contribution is 2.23. The first kappa shape index (κ1) is 11.7. The molecule has 0 spiro atoms. The fourth-order valence-electron chi connectivity index (χ4n) is 1.15. The second-order valence-corrected chi connectivity index (χ2v) is 4.16. The molecule has 4 nitrogen and oxygen atoms in total. The predicted octanol–water partition coefficient (Wildman–Crippen LogP) is 1.22. The first-order valence-electron chi connectivity index (χ1n) is 4.20. The van der Waals surface area contributed by atoms with Crippen molar-refractivity contribution >= 4 is 16.8 Å². The van der Waals surface area contributed by atoms with Gasteiger partial charge in [0.1, 0.15) is 5.75 Å². The van der Waals surface area contributed by atoms with Crippen molar-refractivity contribution in [3.05, 3.63) is 23.8 Å². The number of esters is 1. The van der Waals surface area contributed by atoms with Crippen molar-refractivity contribution in [1.82, 2.24) is 0 Å². The minimum atomic E-state index is -1.14. The SMILES string of the molecule is COC(=O)c1ccc(S(C)=O)c(OC)c1. The van der Waals surface area contributed by atoms with Crippen molar-refractivity contribution in [2.75, 3.05) is 20.5 Å². The zero-order valence-electron chi connectivity index (χ0n) is 8.77. The summed E-state index contributed by atoms with van der Waals surface area (Å²) in [5.74, 6) is -0.0135. The third-order valence-electron chi connectivity index (χ3n) is 1.89. The summed E-state index contributed by atoms with van der Waals surface area (Å²) in [6, 6.07) is 4.68. The molecule has 1 aromatic rings. The highest BCUT2D eigenvalue weighted by atomic mass is 32.2. The van der Waals surface area contributed by atoms with Crippen LogP contribution in [-0.4, -0.2) is 30.7 Å². The van der Waals surface area contributed by atoms with E-state index in [2.05, 4.69) is 4.74 Å². The molecule has 0 radical (unpaired) electrons. The topological polar surface area (TPSA) is 52.6 Å². The van der Waals surface area contributed by atoms with Crippen molar-refractivity contribution in [1.29, 1.82) is 0 Å². The molecule has 0 amide bonds. The van der Waals surface area contributed by atoms with Gasteiger partial charge in [0.2, 0.25) is 0 Å². The lowest BCUT2D eigenvalue weighted by Gasteiger charge is -2.07. The van der Waals surface area contributed by atoms with Crippen LogP contribution in [0.2, 0.25) is 0 Å². The van der Waals surface area contributed by atoms with Crippen LogP contribution in [0.3, 0.4) is 0 Å². The van der Waals surface area contributed by atoms with Gasteiger partial charge in [-0.3, -0.25) is 4.21 Å². The van der Waals surface area contributed by atoms with Gasteiger partial charge in [-0.15, -0.1) is 0 Å². The van der Waals surface area contributed by atoms with E-state index >= 15 is 0 Å². The van der Waals surface area contributed by atoms with Gasteiger partial charge >= 0.3 is 5.97 Å². The number of rotatable bonds is 3. The van der Waals surface area contributed by atoms with Crippen LogP contribution in [0.15, 0.2) is 23.1 Å². The van der Waals surface area contributed by atoms with E-state index in [0.29, 0.717) is 16.2 Å². The van der Waals surface area contributed by atoms with E-state index in [-0.39, 0.29) is 0 Å². The molecule has 0 fully saturated rings. The second kappa shape index (κ2) is 4.93. The van der Waals surface area contributed by atoms with E-state index in [4.69, 9.17) is 4.74 Å². The summed E-state index contributed by atoms with van der Waals surface area (Å²) in [6.07, 6.45) is 1.55. The van der Waals surface area contributed by atoms with E-state index in [1.807, 2.05) is 0 Å². The molecule has 0 aliphatic carbocycles. The number of hydrogen-bond acceptors (Lipinski definition) is 4. The Hall–Kier alpha value is -1.36. The minimum Gasteiger partial charge on any atom is -0.495 e. The first-order chi connectivity index (χ1) is 7.10. The zero-order chi connectivity index (χ0) is 11.4. The lowest BCUT2D eigenvalue weighted by Crippen LogP contribution is -2.03. The monoisotopic (exact) mass is 228 g/mol. The Morgan fingerprint density at radius 3 is 2.47 bits per heavy atom. The molecule has 0 saturated carbocycles. The van der Waals surface area contributed by atoms with E-state index in [1.165, 1.54) is 20.3 Å². The molecule has 0 aromatic heterocycles. The molecular weight excluding hydrogens is 216 g/mol.